The number of aromatic nitrogens is 1. The molecule has 1 aromatic heterocycles. The maximum absolute atomic E-state index is 4.80. The van der Waals surface area contributed by atoms with Gasteiger partial charge in [-0.05, 0) is 30.9 Å². The summed E-state index contributed by atoms with van der Waals surface area (Å²) < 4.78 is 0. The molecule has 0 atom stereocenters. The lowest BCUT2D eigenvalue weighted by atomic mass is 9.98. The summed E-state index contributed by atoms with van der Waals surface area (Å²) in [4.78, 5) is 8.40. The highest BCUT2D eigenvalue weighted by molar-refractivity contribution is 6.06. The lowest BCUT2D eigenvalue weighted by Crippen LogP contribution is -2.12. The number of unbranched alkanes of at least 4 members (excludes halogenated alkanes) is 6. The molecule has 22 heavy (non-hydrogen) atoms. The summed E-state index contributed by atoms with van der Waals surface area (Å²) in [5.41, 5.74) is 5.38. The van der Waals surface area contributed by atoms with E-state index in [0.717, 1.165) is 19.4 Å². The number of benzene rings is 1. The predicted octanol–water partition coefficient (Wildman–Crippen LogP) is 5.65. The fourth-order valence-electron chi connectivity index (χ4n) is 3.54. The average Bonchev–Trinajstić information content (AvgIpc) is 2.93. The molecule has 0 amide bonds. The maximum Gasteiger partial charge on any atom is 0.0638 e. The van der Waals surface area contributed by atoms with E-state index in [1.807, 2.05) is 0 Å². The van der Waals surface area contributed by atoms with Crippen LogP contribution in [0.2, 0.25) is 0 Å². The van der Waals surface area contributed by atoms with Crippen molar-refractivity contribution < 1.29 is 0 Å². The van der Waals surface area contributed by atoms with E-state index in [1.165, 1.54) is 72.8 Å². The monoisotopic (exact) mass is 296 g/mol. The minimum atomic E-state index is 0.959. The van der Waals surface area contributed by atoms with Crippen molar-refractivity contribution in [3.05, 3.63) is 35.5 Å². The van der Waals surface area contributed by atoms with Gasteiger partial charge in [-0.15, -0.1) is 0 Å². The fourth-order valence-corrected chi connectivity index (χ4v) is 3.54. The van der Waals surface area contributed by atoms with E-state index in [4.69, 9.17) is 4.99 Å². The van der Waals surface area contributed by atoms with E-state index in [1.54, 1.807) is 0 Å². The van der Waals surface area contributed by atoms with Crippen LogP contribution in [-0.2, 0) is 6.42 Å². The van der Waals surface area contributed by atoms with E-state index in [-0.39, 0.29) is 0 Å². The number of aliphatic imine (C=N–C) groups is 1. The molecule has 1 aromatic carbocycles. The summed E-state index contributed by atoms with van der Waals surface area (Å²) in [6.45, 7) is 3.24. The minimum Gasteiger partial charge on any atom is -0.353 e. The van der Waals surface area contributed by atoms with Crippen LogP contribution in [0.3, 0.4) is 0 Å². The summed E-state index contributed by atoms with van der Waals surface area (Å²) in [6, 6.07) is 8.66. The topological polar surface area (TPSA) is 28.1 Å². The smallest absolute Gasteiger partial charge is 0.0638 e. The Balaban J connectivity index is 1.56. The summed E-state index contributed by atoms with van der Waals surface area (Å²) >= 11 is 0. The molecule has 2 nitrogen and oxygen atoms in total. The van der Waals surface area contributed by atoms with Gasteiger partial charge >= 0.3 is 0 Å². The van der Waals surface area contributed by atoms with Crippen molar-refractivity contribution in [2.45, 2.75) is 64.7 Å². The van der Waals surface area contributed by atoms with Crippen LogP contribution >= 0.6 is 0 Å². The number of aromatic amines is 1. The lowest BCUT2D eigenvalue weighted by Gasteiger charge is -2.13. The minimum absolute atomic E-state index is 0.959. The lowest BCUT2D eigenvalue weighted by molar-refractivity contribution is 0.595. The number of rotatable bonds is 8. The Labute approximate surface area is 134 Å². The van der Waals surface area contributed by atoms with Crippen LogP contribution in [0.5, 0.6) is 0 Å². The highest BCUT2D eigenvalue weighted by Crippen LogP contribution is 2.27. The third-order valence-corrected chi connectivity index (χ3v) is 4.78. The fraction of sp³-hybridized carbons (Fsp3) is 0.550. The molecular weight excluding hydrogens is 268 g/mol. The number of hydrogen-bond donors (Lipinski definition) is 1. The zero-order valence-corrected chi connectivity index (χ0v) is 13.8. The summed E-state index contributed by atoms with van der Waals surface area (Å²) in [7, 11) is 0. The predicted molar refractivity (Wildman–Crippen MR) is 96.0 cm³/mol. The van der Waals surface area contributed by atoms with Gasteiger partial charge in [0.25, 0.3) is 0 Å². The largest absolute Gasteiger partial charge is 0.353 e. The molecule has 1 aliphatic heterocycles. The summed E-state index contributed by atoms with van der Waals surface area (Å²) in [5.74, 6) is 0. The SMILES string of the molecule is CCCCCCCCCC1=NCCc2c1[nH]c1ccccc21. The number of H-pyrrole nitrogens is 1. The van der Waals surface area contributed by atoms with Gasteiger partial charge in [0.15, 0.2) is 0 Å². The van der Waals surface area contributed by atoms with Crippen molar-refractivity contribution in [1.82, 2.24) is 4.98 Å². The van der Waals surface area contributed by atoms with Crippen LogP contribution in [-0.4, -0.2) is 17.2 Å². The van der Waals surface area contributed by atoms with Gasteiger partial charge in [0.05, 0.1) is 11.4 Å². The second kappa shape index (κ2) is 7.62. The van der Waals surface area contributed by atoms with Crippen LogP contribution in [0, 0.1) is 0 Å². The van der Waals surface area contributed by atoms with Crippen molar-refractivity contribution in [2.24, 2.45) is 4.99 Å². The number of fused-ring (bicyclic) bond motifs is 3. The van der Waals surface area contributed by atoms with Crippen molar-refractivity contribution in [2.75, 3.05) is 6.54 Å². The van der Waals surface area contributed by atoms with E-state index < -0.39 is 0 Å². The van der Waals surface area contributed by atoms with Gasteiger partial charge in [0.1, 0.15) is 0 Å². The maximum atomic E-state index is 4.80. The molecule has 2 aromatic rings. The van der Waals surface area contributed by atoms with E-state index in [0.29, 0.717) is 0 Å². The first-order valence-electron chi connectivity index (χ1n) is 9.03. The molecule has 3 rings (SSSR count). The number of para-hydroxylation sites is 1. The van der Waals surface area contributed by atoms with Crippen LogP contribution in [0.1, 0.15) is 69.5 Å². The Morgan fingerprint density at radius 2 is 1.77 bits per heavy atom. The molecule has 2 heterocycles. The molecule has 0 saturated heterocycles. The highest BCUT2D eigenvalue weighted by atomic mass is 14.8. The van der Waals surface area contributed by atoms with Crippen molar-refractivity contribution in [3.63, 3.8) is 0 Å². The Morgan fingerprint density at radius 1 is 1.00 bits per heavy atom. The van der Waals surface area contributed by atoms with Crippen molar-refractivity contribution in [3.8, 4) is 0 Å². The highest BCUT2D eigenvalue weighted by Gasteiger charge is 2.18. The normalized spacial score (nSPS) is 14.1. The third kappa shape index (κ3) is 3.43. The van der Waals surface area contributed by atoms with E-state index in [2.05, 4.69) is 36.2 Å². The molecule has 0 fully saturated rings. The first-order valence-corrected chi connectivity index (χ1v) is 9.03. The average molecular weight is 296 g/mol. The number of nitrogens with one attached hydrogen (secondary N) is 1. The molecule has 1 aliphatic rings. The molecule has 0 aliphatic carbocycles. The third-order valence-electron chi connectivity index (χ3n) is 4.78. The first kappa shape index (κ1) is 15.3. The molecule has 0 saturated carbocycles. The van der Waals surface area contributed by atoms with Gasteiger partial charge in [-0.25, -0.2) is 0 Å². The zero-order chi connectivity index (χ0) is 15.2. The first-order chi connectivity index (χ1) is 10.9. The summed E-state index contributed by atoms with van der Waals surface area (Å²) in [6.07, 6.45) is 11.8. The standard InChI is InChI=1S/C20H28N2/c1-2-3-4-5-6-7-8-13-19-20-17(14-15-21-19)16-11-9-10-12-18(16)22-20/h9-12,22H,2-8,13-15H2,1H3. The van der Waals surface area contributed by atoms with Gasteiger partial charge in [0, 0.05) is 17.4 Å². The van der Waals surface area contributed by atoms with Crippen LogP contribution in [0.25, 0.3) is 10.9 Å². The Hall–Kier alpha value is -1.57. The van der Waals surface area contributed by atoms with Gasteiger partial charge in [-0.2, -0.15) is 0 Å². The van der Waals surface area contributed by atoms with Crippen molar-refractivity contribution in [1.29, 1.82) is 0 Å². The second-order valence-electron chi connectivity index (χ2n) is 6.47. The Morgan fingerprint density at radius 3 is 2.64 bits per heavy atom. The number of nitrogens with zero attached hydrogens (tertiary/aromatic N) is 1. The molecule has 0 spiro atoms. The molecule has 0 bridgehead atoms. The van der Waals surface area contributed by atoms with Crippen molar-refractivity contribution >= 4 is 16.6 Å². The molecule has 2 heteroatoms. The van der Waals surface area contributed by atoms with E-state index in [9.17, 15) is 0 Å². The number of hydrogen-bond acceptors (Lipinski definition) is 1. The summed E-state index contributed by atoms with van der Waals surface area (Å²) in [5, 5.41) is 1.39. The van der Waals surface area contributed by atoms with Crippen LogP contribution in [0.15, 0.2) is 29.3 Å². The van der Waals surface area contributed by atoms with Crippen LogP contribution < -0.4 is 0 Å². The van der Waals surface area contributed by atoms with Gasteiger partial charge in [-0.1, -0.05) is 63.6 Å². The molecule has 0 unspecified atom stereocenters. The van der Waals surface area contributed by atoms with Gasteiger partial charge in [-0.3, -0.25) is 4.99 Å². The van der Waals surface area contributed by atoms with Gasteiger partial charge in [0.2, 0.25) is 0 Å². The second-order valence-corrected chi connectivity index (χ2v) is 6.47. The molecule has 118 valence electrons. The molecular formula is C20H28N2. The Kier molecular flexibility index (Phi) is 5.31. The van der Waals surface area contributed by atoms with E-state index >= 15 is 0 Å². The molecule has 0 radical (unpaired) electrons. The Bertz CT molecular complexity index is 636. The van der Waals surface area contributed by atoms with Crippen LogP contribution in [0.4, 0.5) is 0 Å². The zero-order valence-electron chi connectivity index (χ0n) is 13.8. The van der Waals surface area contributed by atoms with Gasteiger partial charge < -0.3 is 4.98 Å². The molecule has 1 N–H and O–H groups in total. The quantitative estimate of drug-likeness (QED) is 0.609.